The average Bonchev–Trinajstić information content (AvgIpc) is 3.81. The average molecular weight is 613 g/mol. The van der Waals surface area contributed by atoms with Crippen LogP contribution >= 0.6 is 0 Å². The molecule has 0 amide bonds. The Balaban J connectivity index is 1.27. The summed E-state index contributed by atoms with van der Waals surface area (Å²) in [4.78, 5) is 24.3. The molecule has 0 unspecified atom stereocenters. The van der Waals surface area contributed by atoms with E-state index < -0.39 is 27.2 Å². The van der Waals surface area contributed by atoms with Crippen molar-refractivity contribution in [3.8, 4) is 11.1 Å². The van der Waals surface area contributed by atoms with Gasteiger partial charge in [0.15, 0.2) is 0 Å². The second kappa shape index (κ2) is 15.5. The number of halogens is 1. The number of carboxylic acids is 1. The number of unbranched alkanes of at least 4 members (excludes halogenated alkanes) is 12. The van der Waals surface area contributed by atoms with Gasteiger partial charge in [0.2, 0.25) is 15.5 Å². The number of rotatable bonds is 19. The summed E-state index contributed by atoms with van der Waals surface area (Å²) in [7, 11) is -3.50. The smallest absolute Gasteiger partial charge is 0.341 e. The minimum atomic E-state index is -3.50. The minimum absolute atomic E-state index is 0.0330. The molecule has 1 aliphatic carbocycles. The third-order valence-corrected chi connectivity index (χ3v) is 9.65. The van der Waals surface area contributed by atoms with Gasteiger partial charge in [-0.05, 0) is 49.1 Å². The number of fused-ring (bicyclic) bond motifs is 1. The SMILES string of the molecule is CCCCCCCCCCCCCCCS(=O)(=O)Nc1ccc(-c2cc3c(cc2F)c(=O)c(C(=O)O)cn3C2CC2)cc1. The molecule has 0 saturated heterocycles. The fourth-order valence-corrected chi connectivity index (χ4v) is 6.84. The van der Waals surface area contributed by atoms with Crippen LogP contribution in [0.25, 0.3) is 22.0 Å². The summed E-state index contributed by atoms with van der Waals surface area (Å²) in [5, 5.41) is 9.48. The molecule has 0 bridgehead atoms. The number of benzene rings is 2. The van der Waals surface area contributed by atoms with E-state index in [1.165, 1.54) is 64.0 Å². The number of carbonyl (C=O) groups is 1. The number of nitrogens with one attached hydrogen (secondary N) is 1. The zero-order valence-electron chi connectivity index (χ0n) is 25.2. The van der Waals surface area contributed by atoms with Crippen LogP contribution in [0, 0.1) is 5.82 Å². The second-order valence-electron chi connectivity index (χ2n) is 11.9. The number of aromatic carboxylic acids is 1. The Bertz CT molecular complexity index is 1550. The van der Waals surface area contributed by atoms with Gasteiger partial charge in [-0.2, -0.15) is 0 Å². The van der Waals surface area contributed by atoms with Crippen LogP contribution in [-0.4, -0.2) is 29.8 Å². The highest BCUT2D eigenvalue weighted by molar-refractivity contribution is 7.92. The Hall–Kier alpha value is -3.20. The fourth-order valence-electron chi connectivity index (χ4n) is 5.66. The molecule has 1 heterocycles. The number of sulfonamides is 1. The monoisotopic (exact) mass is 612 g/mol. The molecule has 2 N–H and O–H groups in total. The molecule has 1 fully saturated rings. The summed E-state index contributed by atoms with van der Waals surface area (Å²) < 4.78 is 44.8. The summed E-state index contributed by atoms with van der Waals surface area (Å²) in [5.41, 5.74) is 0.582. The van der Waals surface area contributed by atoms with Crippen LogP contribution in [0.2, 0.25) is 0 Å². The van der Waals surface area contributed by atoms with E-state index in [4.69, 9.17) is 0 Å². The molecule has 3 aromatic rings. The zero-order valence-corrected chi connectivity index (χ0v) is 26.1. The van der Waals surface area contributed by atoms with Gasteiger partial charge in [-0.3, -0.25) is 9.52 Å². The van der Waals surface area contributed by atoms with Crippen molar-refractivity contribution < 1.29 is 22.7 Å². The van der Waals surface area contributed by atoms with E-state index in [1.807, 2.05) is 0 Å². The highest BCUT2D eigenvalue weighted by atomic mass is 32.2. The molecule has 4 rings (SSSR count). The molecule has 1 aromatic heterocycles. The largest absolute Gasteiger partial charge is 0.477 e. The van der Waals surface area contributed by atoms with Crippen molar-refractivity contribution in [1.82, 2.24) is 4.57 Å². The van der Waals surface area contributed by atoms with Crippen LogP contribution in [0.3, 0.4) is 0 Å². The third kappa shape index (κ3) is 9.39. The van der Waals surface area contributed by atoms with E-state index in [0.29, 0.717) is 23.2 Å². The van der Waals surface area contributed by atoms with E-state index in [2.05, 4.69) is 11.6 Å². The van der Waals surface area contributed by atoms with Crippen molar-refractivity contribution in [3.05, 3.63) is 64.2 Å². The molecule has 2 aromatic carbocycles. The number of nitrogens with zero attached hydrogens (tertiary/aromatic N) is 1. The molecule has 9 heteroatoms. The van der Waals surface area contributed by atoms with E-state index in [1.54, 1.807) is 34.9 Å². The normalized spacial score (nSPS) is 13.4. The van der Waals surface area contributed by atoms with Gasteiger partial charge in [0.05, 0.1) is 11.3 Å². The summed E-state index contributed by atoms with van der Waals surface area (Å²) >= 11 is 0. The highest BCUT2D eigenvalue weighted by Gasteiger charge is 2.27. The number of anilines is 1. The Labute approximate surface area is 254 Å². The van der Waals surface area contributed by atoms with Gasteiger partial charge >= 0.3 is 5.97 Å². The molecule has 0 radical (unpaired) electrons. The zero-order chi connectivity index (χ0) is 30.8. The van der Waals surface area contributed by atoms with Crippen LogP contribution in [0.4, 0.5) is 10.1 Å². The Morgan fingerprint density at radius 3 is 2.00 bits per heavy atom. The van der Waals surface area contributed by atoms with Gasteiger partial charge in [-0.25, -0.2) is 17.6 Å². The molecular weight excluding hydrogens is 567 g/mol. The molecule has 0 spiro atoms. The molecule has 234 valence electrons. The van der Waals surface area contributed by atoms with E-state index in [-0.39, 0.29) is 28.3 Å². The first kappa shape index (κ1) is 32.7. The summed E-state index contributed by atoms with van der Waals surface area (Å²) in [5.74, 6) is -1.92. The van der Waals surface area contributed by atoms with Gasteiger partial charge in [0.25, 0.3) is 0 Å². The second-order valence-corrected chi connectivity index (χ2v) is 13.7. The van der Waals surface area contributed by atoms with Crippen LogP contribution in [0.15, 0.2) is 47.4 Å². The van der Waals surface area contributed by atoms with Crippen molar-refractivity contribution in [1.29, 1.82) is 0 Å². The molecule has 1 aliphatic rings. The first-order chi connectivity index (χ1) is 20.7. The lowest BCUT2D eigenvalue weighted by Crippen LogP contribution is -2.19. The number of hydrogen-bond acceptors (Lipinski definition) is 4. The van der Waals surface area contributed by atoms with E-state index in [9.17, 15) is 23.1 Å². The summed E-state index contributed by atoms with van der Waals surface area (Å²) in [6.07, 6.45) is 18.5. The van der Waals surface area contributed by atoms with Crippen molar-refractivity contribution in [2.45, 2.75) is 109 Å². The van der Waals surface area contributed by atoms with Crippen LogP contribution in [-0.2, 0) is 10.0 Å². The van der Waals surface area contributed by atoms with Gasteiger partial charge in [0, 0.05) is 28.9 Å². The first-order valence-electron chi connectivity index (χ1n) is 15.9. The van der Waals surface area contributed by atoms with Gasteiger partial charge in [-0.1, -0.05) is 96.1 Å². The molecule has 0 atom stereocenters. The van der Waals surface area contributed by atoms with Crippen molar-refractivity contribution >= 4 is 32.6 Å². The van der Waals surface area contributed by atoms with Gasteiger partial charge in [-0.15, -0.1) is 0 Å². The molecule has 0 aliphatic heterocycles. The van der Waals surface area contributed by atoms with Crippen molar-refractivity contribution in [2.75, 3.05) is 10.5 Å². The maximum atomic E-state index is 15.2. The number of aromatic nitrogens is 1. The lowest BCUT2D eigenvalue weighted by molar-refractivity contribution is 0.0694. The third-order valence-electron chi connectivity index (χ3n) is 8.28. The Morgan fingerprint density at radius 2 is 1.47 bits per heavy atom. The topological polar surface area (TPSA) is 105 Å². The lowest BCUT2D eigenvalue weighted by Gasteiger charge is -2.14. The van der Waals surface area contributed by atoms with Gasteiger partial charge < -0.3 is 9.67 Å². The van der Waals surface area contributed by atoms with Crippen LogP contribution in [0.5, 0.6) is 0 Å². The van der Waals surface area contributed by atoms with Crippen molar-refractivity contribution in [2.24, 2.45) is 0 Å². The number of carboxylic acid groups (broad SMARTS) is 1. The standard InChI is InChI=1S/C34H45FN2O5S/c1-2-3-4-5-6-7-8-9-10-11-12-13-14-21-43(41,42)36-26-17-15-25(16-18-26)28-23-32-29(22-31(28)35)33(38)30(34(39)40)24-37(32)27-19-20-27/h15-18,22-24,27,36H,2-14,19-21H2,1H3,(H,39,40). The molecular formula is C34H45FN2O5S. The van der Waals surface area contributed by atoms with E-state index >= 15 is 4.39 Å². The van der Waals surface area contributed by atoms with E-state index in [0.717, 1.165) is 38.2 Å². The lowest BCUT2D eigenvalue weighted by atomic mass is 10.0. The maximum Gasteiger partial charge on any atom is 0.341 e. The van der Waals surface area contributed by atoms with Gasteiger partial charge in [0.1, 0.15) is 11.4 Å². The molecule has 1 saturated carbocycles. The molecule has 43 heavy (non-hydrogen) atoms. The predicted molar refractivity (Wildman–Crippen MR) is 172 cm³/mol. The quantitative estimate of drug-likeness (QED) is 0.132. The summed E-state index contributed by atoms with van der Waals surface area (Å²) in [6, 6.07) is 9.22. The molecule has 7 nitrogen and oxygen atoms in total. The first-order valence-corrected chi connectivity index (χ1v) is 17.6. The minimum Gasteiger partial charge on any atom is -0.477 e. The Morgan fingerprint density at radius 1 is 0.907 bits per heavy atom. The number of hydrogen-bond donors (Lipinski definition) is 2. The highest BCUT2D eigenvalue weighted by Crippen LogP contribution is 2.38. The summed E-state index contributed by atoms with van der Waals surface area (Å²) in [6.45, 7) is 2.24. The fraction of sp³-hybridized carbons (Fsp3) is 0.529. The Kier molecular flexibility index (Phi) is 11.8. The van der Waals surface area contributed by atoms with Crippen molar-refractivity contribution in [3.63, 3.8) is 0 Å². The number of pyridine rings is 1. The van der Waals surface area contributed by atoms with Crippen LogP contribution < -0.4 is 10.2 Å². The van der Waals surface area contributed by atoms with Crippen LogP contribution in [0.1, 0.15) is 120 Å². The maximum absolute atomic E-state index is 15.2. The predicted octanol–water partition coefficient (Wildman–Crippen LogP) is 8.67.